The molecule has 1 saturated heterocycles. The van der Waals surface area contributed by atoms with Crippen LogP contribution in [0.1, 0.15) is 15.9 Å². The van der Waals surface area contributed by atoms with Crippen molar-refractivity contribution in [3.8, 4) is 5.75 Å². The van der Waals surface area contributed by atoms with E-state index < -0.39 is 11.7 Å². The third-order valence-electron chi connectivity index (χ3n) is 3.79. The van der Waals surface area contributed by atoms with Crippen LogP contribution in [0, 0.1) is 0 Å². The van der Waals surface area contributed by atoms with Gasteiger partial charge < -0.3 is 9.64 Å². The Morgan fingerprint density at radius 1 is 1.23 bits per heavy atom. The van der Waals surface area contributed by atoms with Crippen LogP contribution in [0.4, 0.5) is 13.2 Å². The lowest BCUT2D eigenvalue weighted by Gasteiger charge is -2.31. The average Bonchev–Trinajstić information content (AvgIpc) is 2.48. The number of hydrogen-bond acceptors (Lipinski definition) is 4. The number of alkyl halides is 3. The lowest BCUT2D eigenvalue weighted by molar-refractivity contribution is -0.138. The minimum Gasteiger partial charge on any atom is -0.496 e. The summed E-state index contributed by atoms with van der Waals surface area (Å²) in [5.41, 5.74) is -0.855. The van der Waals surface area contributed by atoms with Crippen molar-refractivity contribution in [2.45, 2.75) is 6.18 Å². The SMILES string of the molecule is COc1ccc(C(=O)CN2CCN(C)CC2)cc1C(F)(F)F. The third-order valence-corrected chi connectivity index (χ3v) is 3.79. The van der Waals surface area contributed by atoms with Gasteiger partial charge in [-0.05, 0) is 25.2 Å². The summed E-state index contributed by atoms with van der Waals surface area (Å²) in [5.74, 6) is -0.582. The van der Waals surface area contributed by atoms with Crippen LogP contribution < -0.4 is 4.74 Å². The summed E-state index contributed by atoms with van der Waals surface area (Å²) in [4.78, 5) is 16.3. The number of ether oxygens (including phenoxy) is 1. The molecule has 1 heterocycles. The van der Waals surface area contributed by atoms with E-state index in [-0.39, 0.29) is 23.6 Å². The number of carbonyl (C=O) groups is 1. The Kier molecular flexibility index (Phi) is 5.08. The summed E-state index contributed by atoms with van der Waals surface area (Å²) in [6, 6.07) is 3.45. The van der Waals surface area contributed by atoms with Crippen molar-refractivity contribution in [3.63, 3.8) is 0 Å². The van der Waals surface area contributed by atoms with E-state index in [4.69, 9.17) is 4.74 Å². The molecule has 1 fully saturated rings. The van der Waals surface area contributed by atoms with E-state index in [2.05, 4.69) is 4.90 Å². The number of Topliss-reactive ketones (excluding diaryl/α,β-unsaturated/α-hetero) is 1. The number of nitrogens with zero attached hydrogens (tertiary/aromatic N) is 2. The van der Waals surface area contributed by atoms with Crippen LogP contribution in [0.2, 0.25) is 0 Å². The number of ketones is 1. The maximum absolute atomic E-state index is 13.0. The van der Waals surface area contributed by atoms with Gasteiger partial charge in [0.25, 0.3) is 0 Å². The van der Waals surface area contributed by atoms with E-state index in [1.807, 2.05) is 11.9 Å². The molecule has 0 spiro atoms. The molecule has 4 nitrogen and oxygen atoms in total. The monoisotopic (exact) mass is 316 g/mol. The Balaban J connectivity index is 2.13. The highest BCUT2D eigenvalue weighted by molar-refractivity contribution is 5.98. The zero-order chi connectivity index (χ0) is 16.3. The highest BCUT2D eigenvalue weighted by Gasteiger charge is 2.35. The third kappa shape index (κ3) is 3.98. The maximum Gasteiger partial charge on any atom is 0.419 e. The summed E-state index contributed by atoms with van der Waals surface area (Å²) in [5, 5.41) is 0. The van der Waals surface area contributed by atoms with Crippen LogP contribution in [-0.2, 0) is 6.18 Å². The van der Waals surface area contributed by atoms with E-state index in [0.717, 1.165) is 32.2 Å². The highest BCUT2D eigenvalue weighted by atomic mass is 19.4. The molecule has 0 aliphatic carbocycles. The van der Waals surface area contributed by atoms with Crippen molar-refractivity contribution in [2.24, 2.45) is 0 Å². The van der Waals surface area contributed by atoms with E-state index >= 15 is 0 Å². The van der Waals surface area contributed by atoms with Gasteiger partial charge in [-0.2, -0.15) is 13.2 Å². The molecule has 0 saturated carbocycles. The number of hydrogen-bond donors (Lipinski definition) is 0. The van der Waals surface area contributed by atoms with Gasteiger partial charge in [-0.3, -0.25) is 9.69 Å². The van der Waals surface area contributed by atoms with E-state index in [1.54, 1.807) is 0 Å². The molecule has 0 atom stereocenters. The fraction of sp³-hybridized carbons (Fsp3) is 0.533. The van der Waals surface area contributed by atoms with Gasteiger partial charge in [0.05, 0.1) is 19.2 Å². The Bertz CT molecular complexity index is 538. The van der Waals surface area contributed by atoms with Gasteiger partial charge in [-0.1, -0.05) is 0 Å². The fourth-order valence-corrected chi connectivity index (χ4v) is 2.40. The molecule has 0 aromatic heterocycles. The lowest BCUT2D eigenvalue weighted by atomic mass is 10.1. The van der Waals surface area contributed by atoms with Crippen LogP contribution >= 0.6 is 0 Å². The molecule has 1 aliphatic heterocycles. The average molecular weight is 316 g/mol. The van der Waals surface area contributed by atoms with Crippen LogP contribution in [0.5, 0.6) is 5.75 Å². The Hall–Kier alpha value is -1.60. The maximum atomic E-state index is 13.0. The van der Waals surface area contributed by atoms with Gasteiger partial charge in [0.1, 0.15) is 5.75 Å². The zero-order valence-electron chi connectivity index (χ0n) is 12.6. The first-order valence-electron chi connectivity index (χ1n) is 7.00. The Morgan fingerprint density at radius 2 is 1.86 bits per heavy atom. The number of piperazine rings is 1. The number of carbonyl (C=O) groups excluding carboxylic acids is 1. The molecule has 0 unspecified atom stereocenters. The summed E-state index contributed by atoms with van der Waals surface area (Å²) >= 11 is 0. The second-order valence-electron chi connectivity index (χ2n) is 5.42. The quantitative estimate of drug-likeness (QED) is 0.797. The van der Waals surface area contributed by atoms with Crippen molar-refractivity contribution in [1.29, 1.82) is 0 Å². The molecular weight excluding hydrogens is 297 g/mol. The van der Waals surface area contributed by atoms with Crippen LogP contribution in [-0.4, -0.2) is 62.5 Å². The molecule has 1 aromatic rings. The minimum atomic E-state index is -4.55. The summed E-state index contributed by atoms with van der Waals surface area (Å²) in [6.45, 7) is 3.32. The molecule has 0 bridgehead atoms. The standard InChI is InChI=1S/C15H19F3N2O2/c1-19-5-7-20(8-6-19)10-13(21)11-3-4-14(22-2)12(9-11)15(16,17)18/h3-4,9H,5-8,10H2,1-2H3. The van der Waals surface area contributed by atoms with Crippen molar-refractivity contribution in [2.75, 3.05) is 46.9 Å². The molecule has 0 radical (unpaired) electrons. The summed E-state index contributed by atoms with van der Waals surface area (Å²) < 4.78 is 43.6. The first-order chi connectivity index (χ1) is 10.3. The number of likely N-dealkylation sites (N-methyl/N-ethyl adjacent to an activating group) is 1. The topological polar surface area (TPSA) is 32.8 Å². The number of rotatable bonds is 4. The van der Waals surface area contributed by atoms with Crippen molar-refractivity contribution in [3.05, 3.63) is 29.3 Å². The molecule has 2 rings (SSSR count). The van der Waals surface area contributed by atoms with E-state index in [0.29, 0.717) is 0 Å². The molecule has 1 aromatic carbocycles. The Labute approximate surface area is 127 Å². The summed E-state index contributed by atoms with van der Waals surface area (Å²) in [7, 11) is 3.18. The predicted octanol–water partition coefficient (Wildman–Crippen LogP) is 2.14. The van der Waals surface area contributed by atoms with E-state index in [1.165, 1.54) is 19.2 Å². The normalized spacial score (nSPS) is 17.5. The highest BCUT2D eigenvalue weighted by Crippen LogP contribution is 2.36. The fourth-order valence-electron chi connectivity index (χ4n) is 2.40. The largest absolute Gasteiger partial charge is 0.496 e. The number of halogens is 3. The van der Waals surface area contributed by atoms with E-state index in [9.17, 15) is 18.0 Å². The van der Waals surface area contributed by atoms with Gasteiger partial charge in [0.2, 0.25) is 0 Å². The molecule has 7 heteroatoms. The minimum absolute atomic E-state index is 0.0621. The van der Waals surface area contributed by atoms with Gasteiger partial charge in [0, 0.05) is 31.7 Å². The van der Waals surface area contributed by atoms with Gasteiger partial charge in [-0.25, -0.2) is 0 Å². The molecule has 0 amide bonds. The van der Waals surface area contributed by atoms with Crippen molar-refractivity contribution < 1.29 is 22.7 Å². The smallest absolute Gasteiger partial charge is 0.419 e. The van der Waals surface area contributed by atoms with Gasteiger partial charge in [-0.15, -0.1) is 0 Å². The molecule has 1 aliphatic rings. The zero-order valence-corrected chi connectivity index (χ0v) is 12.6. The Morgan fingerprint density at radius 3 is 2.41 bits per heavy atom. The molecule has 0 N–H and O–H groups in total. The lowest BCUT2D eigenvalue weighted by Crippen LogP contribution is -2.46. The van der Waals surface area contributed by atoms with Gasteiger partial charge in [0.15, 0.2) is 5.78 Å². The second-order valence-corrected chi connectivity index (χ2v) is 5.42. The van der Waals surface area contributed by atoms with Crippen LogP contribution in [0.3, 0.4) is 0 Å². The van der Waals surface area contributed by atoms with Crippen LogP contribution in [0.25, 0.3) is 0 Å². The molecule has 22 heavy (non-hydrogen) atoms. The van der Waals surface area contributed by atoms with Gasteiger partial charge >= 0.3 is 6.18 Å². The first kappa shape index (κ1) is 16.8. The second kappa shape index (κ2) is 6.66. The number of methoxy groups -OCH3 is 1. The number of benzene rings is 1. The summed E-state index contributed by atoms with van der Waals surface area (Å²) in [6.07, 6.45) is -4.55. The predicted molar refractivity (Wildman–Crippen MR) is 76.3 cm³/mol. The van der Waals surface area contributed by atoms with Crippen molar-refractivity contribution in [1.82, 2.24) is 9.80 Å². The first-order valence-corrected chi connectivity index (χ1v) is 7.00. The van der Waals surface area contributed by atoms with Crippen molar-refractivity contribution >= 4 is 5.78 Å². The molecular formula is C15H19F3N2O2. The molecule has 122 valence electrons. The van der Waals surface area contributed by atoms with Crippen LogP contribution in [0.15, 0.2) is 18.2 Å².